The predicted octanol–water partition coefficient (Wildman–Crippen LogP) is 6.62. The Kier molecular flexibility index (Phi) is 13.5. The van der Waals surface area contributed by atoms with Crippen LogP contribution in [0.5, 0.6) is 0 Å². The van der Waals surface area contributed by atoms with Gasteiger partial charge in [-0.15, -0.1) is 15.3 Å². The predicted molar refractivity (Wildman–Crippen MR) is 209 cm³/mol. The molecule has 1 aliphatic carbocycles. The molecular formula is C34H40N8O9S3. The van der Waals surface area contributed by atoms with Crippen LogP contribution in [-0.4, -0.2) is 89.9 Å². The van der Waals surface area contributed by atoms with E-state index in [-0.39, 0.29) is 45.8 Å². The first-order chi connectivity index (χ1) is 25.4. The van der Waals surface area contributed by atoms with E-state index in [1.165, 1.54) is 43.4 Å². The molecule has 17 nitrogen and oxygen atoms in total. The van der Waals surface area contributed by atoms with Crippen molar-refractivity contribution < 1.29 is 39.1 Å². The zero-order valence-corrected chi connectivity index (χ0v) is 32.3. The Morgan fingerprint density at radius 3 is 2.00 bits per heavy atom. The van der Waals surface area contributed by atoms with Crippen molar-refractivity contribution in [3.8, 4) is 0 Å². The van der Waals surface area contributed by atoms with E-state index in [4.69, 9.17) is 9.72 Å². The van der Waals surface area contributed by atoms with Gasteiger partial charge >= 0.3 is 0 Å². The zero-order valence-electron chi connectivity index (χ0n) is 29.8. The Morgan fingerprint density at radius 1 is 0.870 bits per heavy atom. The van der Waals surface area contributed by atoms with Gasteiger partial charge in [0.2, 0.25) is 0 Å². The molecule has 0 saturated heterocycles. The van der Waals surface area contributed by atoms with Gasteiger partial charge in [-0.05, 0) is 62.2 Å². The van der Waals surface area contributed by atoms with Gasteiger partial charge in [0.05, 0.1) is 27.7 Å². The summed E-state index contributed by atoms with van der Waals surface area (Å²) in [6, 6.07) is 8.13. The van der Waals surface area contributed by atoms with Gasteiger partial charge in [0.15, 0.2) is 15.7 Å². The summed E-state index contributed by atoms with van der Waals surface area (Å²) >= 11 is 0. The van der Waals surface area contributed by atoms with Crippen LogP contribution in [0.1, 0.15) is 35.6 Å². The first-order valence-corrected chi connectivity index (χ1v) is 20.7. The molecule has 0 aliphatic heterocycles. The quantitative estimate of drug-likeness (QED) is 0.0486. The number of pyridine rings is 1. The van der Waals surface area contributed by atoms with Gasteiger partial charge in [-0.25, -0.2) is 13.4 Å². The maximum Gasteiger partial charge on any atom is 0.294 e. The van der Waals surface area contributed by atoms with Crippen LogP contribution in [0.3, 0.4) is 0 Å². The van der Waals surface area contributed by atoms with Crippen LogP contribution in [0.2, 0.25) is 0 Å². The van der Waals surface area contributed by atoms with E-state index in [0.717, 1.165) is 17.5 Å². The lowest BCUT2D eigenvalue weighted by molar-refractivity contribution is 0.198. The van der Waals surface area contributed by atoms with Crippen molar-refractivity contribution in [3.05, 3.63) is 82.8 Å². The van der Waals surface area contributed by atoms with Crippen molar-refractivity contribution in [1.82, 2.24) is 4.98 Å². The molecule has 0 bridgehead atoms. The molecule has 0 spiro atoms. The molecule has 1 aromatic heterocycles. The number of benzene rings is 2. The van der Waals surface area contributed by atoms with E-state index in [2.05, 4.69) is 42.7 Å². The van der Waals surface area contributed by atoms with Crippen molar-refractivity contribution in [2.24, 2.45) is 25.4 Å². The lowest BCUT2D eigenvalue weighted by Gasteiger charge is -2.17. The van der Waals surface area contributed by atoms with E-state index in [1.807, 2.05) is 0 Å². The molecule has 3 aromatic rings. The third kappa shape index (κ3) is 10.4. The first kappa shape index (κ1) is 41.8. The van der Waals surface area contributed by atoms with Crippen LogP contribution in [0.15, 0.2) is 90.9 Å². The number of methoxy groups -OCH3 is 1. The third-order valence-corrected chi connectivity index (χ3v) is 11.6. The van der Waals surface area contributed by atoms with E-state index >= 15 is 0 Å². The molecule has 288 valence electrons. The number of fused-ring (bicyclic) bond motifs is 1. The second-order valence-corrected chi connectivity index (χ2v) is 17.3. The minimum absolute atomic E-state index is 0.0248. The zero-order chi connectivity index (χ0) is 39.7. The maximum absolute atomic E-state index is 12.4. The molecule has 1 aliphatic rings. The summed E-state index contributed by atoms with van der Waals surface area (Å²) in [7, 11) is -9.37. The molecule has 0 radical (unpaired) electrons. The number of ether oxygens (including phenoxy) is 1. The van der Waals surface area contributed by atoms with Crippen LogP contribution in [0, 0.1) is 6.92 Å². The van der Waals surface area contributed by atoms with E-state index in [9.17, 15) is 34.4 Å². The summed E-state index contributed by atoms with van der Waals surface area (Å²) in [6.07, 6.45) is 7.78. The number of azo groups is 2. The number of rotatable bonds is 17. The number of aliphatic imine (C=N–C) groups is 1. The second-order valence-electron chi connectivity index (χ2n) is 11.9. The molecule has 4 N–H and O–H groups in total. The van der Waals surface area contributed by atoms with Crippen LogP contribution in [-0.2, 0) is 34.8 Å². The second kappa shape index (κ2) is 17.4. The highest BCUT2D eigenvalue weighted by molar-refractivity contribution is 7.94. The third-order valence-electron chi connectivity index (χ3n) is 8.10. The van der Waals surface area contributed by atoms with Crippen molar-refractivity contribution in [2.45, 2.75) is 29.9 Å². The standard InChI is InChI=1S/C34H40N8O9S3/c1-6-52(43,44)21-19-37-33-31(23(2)28(22-35-4)32(38-33)36-18-7-20-51-5)42-41-30-13-12-29(40-39-24-8-10-25(11-9-24)53(45,46)47)26-14-16-34(3,54(48,49)50)17-15-27(26)30/h6,8-17,22H,1,7,18-21H2,2-5H3,(H2,36,37,38)(H,45,46,47)(H,48,49,50). The number of hydrogen-bond donors (Lipinski definition) is 4. The lowest BCUT2D eigenvalue weighted by atomic mass is 10.0. The Bertz CT molecular complexity index is 2380. The van der Waals surface area contributed by atoms with Crippen molar-refractivity contribution in [2.75, 3.05) is 50.2 Å². The first-order valence-electron chi connectivity index (χ1n) is 16.1. The van der Waals surface area contributed by atoms with Crippen molar-refractivity contribution in [3.63, 3.8) is 0 Å². The van der Waals surface area contributed by atoms with E-state index in [0.29, 0.717) is 47.6 Å². The topological polar surface area (TPSA) is 251 Å². The van der Waals surface area contributed by atoms with Crippen molar-refractivity contribution in [1.29, 1.82) is 0 Å². The smallest absolute Gasteiger partial charge is 0.294 e. The average molecular weight is 801 g/mol. The fourth-order valence-electron chi connectivity index (χ4n) is 4.96. The van der Waals surface area contributed by atoms with Gasteiger partial charge in [0.1, 0.15) is 16.3 Å². The number of nitrogens with one attached hydrogen (secondary N) is 2. The van der Waals surface area contributed by atoms with Gasteiger partial charge < -0.3 is 15.4 Å². The minimum Gasteiger partial charge on any atom is -0.385 e. The molecule has 1 heterocycles. The summed E-state index contributed by atoms with van der Waals surface area (Å²) in [6.45, 7) is 7.46. The monoisotopic (exact) mass is 800 g/mol. The molecule has 54 heavy (non-hydrogen) atoms. The number of hydrogen-bond acceptors (Lipinski definition) is 15. The Hall–Kier alpha value is -4.99. The SMILES string of the molecule is C=CS(=O)(=O)CCNc1nc(NCCCOC)c(C=NC)c(C)c1N=Nc1ccc(N=Nc2ccc(S(=O)(=O)O)cc2)c2c1C=CC(C)(S(=O)(=O)O)C=C2. The molecule has 1 unspecified atom stereocenters. The molecule has 0 amide bonds. The highest BCUT2D eigenvalue weighted by atomic mass is 32.2. The molecule has 0 fully saturated rings. The molecule has 20 heteroatoms. The molecule has 4 rings (SSSR count). The summed E-state index contributed by atoms with van der Waals surface area (Å²) < 4.78 is 94.6. The fraction of sp³-hybridized carbons (Fsp3) is 0.294. The van der Waals surface area contributed by atoms with Gasteiger partial charge in [-0.3, -0.25) is 14.1 Å². The summed E-state index contributed by atoms with van der Waals surface area (Å²) in [4.78, 5) is 8.57. The summed E-state index contributed by atoms with van der Waals surface area (Å²) in [5.74, 6) is 0.431. The molecule has 2 aromatic carbocycles. The van der Waals surface area contributed by atoms with Gasteiger partial charge in [0, 0.05) is 62.2 Å². The Balaban J connectivity index is 1.85. The summed E-state index contributed by atoms with van der Waals surface area (Å²) in [5, 5.41) is 24.7. The van der Waals surface area contributed by atoms with E-state index < -0.39 is 34.8 Å². The molecule has 1 atom stereocenters. The van der Waals surface area contributed by atoms with Gasteiger partial charge in [0.25, 0.3) is 20.2 Å². The van der Waals surface area contributed by atoms with Crippen LogP contribution >= 0.6 is 0 Å². The average Bonchev–Trinajstić information content (AvgIpc) is 3.30. The minimum atomic E-state index is -4.62. The van der Waals surface area contributed by atoms with Gasteiger partial charge in [-0.1, -0.05) is 30.9 Å². The highest BCUT2D eigenvalue weighted by Crippen LogP contribution is 2.40. The van der Waals surface area contributed by atoms with Crippen molar-refractivity contribution >= 4 is 82.8 Å². The number of aromatic nitrogens is 1. The Labute approximate surface area is 314 Å². The highest BCUT2D eigenvalue weighted by Gasteiger charge is 2.34. The summed E-state index contributed by atoms with van der Waals surface area (Å²) in [5.41, 5.74) is 2.99. The molecule has 0 saturated carbocycles. The maximum atomic E-state index is 12.4. The van der Waals surface area contributed by atoms with Gasteiger partial charge in [-0.2, -0.15) is 21.9 Å². The molecular weight excluding hydrogens is 761 g/mol. The number of sulfone groups is 1. The Morgan fingerprint density at radius 2 is 1.46 bits per heavy atom. The van der Waals surface area contributed by atoms with Crippen LogP contribution in [0.25, 0.3) is 12.2 Å². The van der Waals surface area contributed by atoms with Crippen LogP contribution in [0.4, 0.5) is 34.4 Å². The van der Waals surface area contributed by atoms with Crippen LogP contribution < -0.4 is 10.6 Å². The largest absolute Gasteiger partial charge is 0.385 e. The lowest BCUT2D eigenvalue weighted by Crippen LogP contribution is -2.29. The fourth-order valence-corrected chi connectivity index (χ4v) is 6.47. The number of anilines is 2. The van der Waals surface area contributed by atoms with E-state index in [1.54, 1.807) is 39.4 Å². The number of nitrogens with zero attached hydrogens (tertiary/aromatic N) is 6. The normalized spacial score (nSPS) is 16.3.